The number of hydrogen-bond acceptors (Lipinski definition) is 3. The molecule has 1 atom stereocenters. The number of likely N-dealkylation sites (tertiary alicyclic amines) is 1. The minimum Gasteiger partial charge on any atom is -0.481 e. The number of anilines is 1. The number of carbonyl (C=O) groups excluding carboxylic acids is 1. The molecule has 0 aromatic heterocycles. The number of carbonyl (C=O) groups is 2. The fraction of sp³-hybridized carbons (Fsp3) is 0.429. The van der Waals surface area contributed by atoms with Gasteiger partial charge in [-0.25, -0.2) is 0 Å². The molecule has 1 aromatic carbocycles. The molecule has 1 aromatic rings. The number of halogens is 1. The largest absolute Gasteiger partial charge is 0.481 e. The fourth-order valence-corrected chi connectivity index (χ4v) is 2.61. The summed E-state index contributed by atoms with van der Waals surface area (Å²) in [6, 6.07) is 4.71. The lowest BCUT2D eigenvalue weighted by Gasteiger charge is -2.37. The smallest absolute Gasteiger partial charge is 0.311 e. The first-order chi connectivity index (χ1) is 9.33. The maximum absolute atomic E-state index is 12.4. The van der Waals surface area contributed by atoms with Crippen LogP contribution in [0.5, 0.6) is 0 Å². The Labute approximate surface area is 122 Å². The van der Waals surface area contributed by atoms with Crippen molar-refractivity contribution in [2.45, 2.75) is 19.8 Å². The molecule has 1 aliphatic heterocycles. The average molecular weight is 297 g/mol. The van der Waals surface area contributed by atoms with E-state index in [1.807, 2.05) is 0 Å². The molecule has 2 rings (SSSR count). The van der Waals surface area contributed by atoms with Crippen LogP contribution < -0.4 is 5.73 Å². The molecule has 1 heterocycles. The van der Waals surface area contributed by atoms with Crippen molar-refractivity contribution >= 4 is 29.2 Å². The van der Waals surface area contributed by atoms with Crippen LogP contribution in [0.2, 0.25) is 5.02 Å². The first-order valence-corrected chi connectivity index (χ1v) is 6.79. The molecule has 0 spiro atoms. The standard InChI is InChI=1S/C14H17ClN2O3/c1-14(13(19)20)5-2-6-17(8-14)12(18)9-3-4-11(16)10(15)7-9/h3-4,7H,2,5-6,8,16H2,1H3,(H,19,20). The Morgan fingerprint density at radius 2 is 2.15 bits per heavy atom. The minimum absolute atomic E-state index is 0.209. The molecule has 5 nitrogen and oxygen atoms in total. The Morgan fingerprint density at radius 1 is 1.45 bits per heavy atom. The topological polar surface area (TPSA) is 83.6 Å². The molecule has 1 saturated heterocycles. The predicted molar refractivity (Wildman–Crippen MR) is 76.7 cm³/mol. The number of rotatable bonds is 2. The third kappa shape index (κ3) is 2.72. The third-order valence-electron chi connectivity index (χ3n) is 3.75. The molecule has 3 N–H and O–H groups in total. The number of carboxylic acids is 1. The Balaban J connectivity index is 2.20. The second kappa shape index (κ2) is 5.32. The molecule has 6 heteroatoms. The van der Waals surface area contributed by atoms with Gasteiger partial charge in [0.2, 0.25) is 0 Å². The molecule has 20 heavy (non-hydrogen) atoms. The number of hydrogen-bond donors (Lipinski definition) is 2. The molecule has 1 amide bonds. The molecule has 0 saturated carbocycles. The van der Waals surface area contributed by atoms with E-state index < -0.39 is 11.4 Å². The number of nitrogens with zero attached hydrogens (tertiary/aromatic N) is 1. The molecule has 0 bridgehead atoms. The Hall–Kier alpha value is -1.75. The fourth-order valence-electron chi connectivity index (χ4n) is 2.43. The van der Waals surface area contributed by atoms with Crippen molar-refractivity contribution in [1.82, 2.24) is 4.90 Å². The van der Waals surface area contributed by atoms with Crippen molar-refractivity contribution in [2.24, 2.45) is 5.41 Å². The van der Waals surface area contributed by atoms with E-state index >= 15 is 0 Å². The van der Waals surface area contributed by atoms with Gasteiger partial charge in [-0.2, -0.15) is 0 Å². The van der Waals surface area contributed by atoms with Crippen LogP contribution in [0.4, 0.5) is 5.69 Å². The van der Waals surface area contributed by atoms with Gasteiger partial charge in [-0.15, -0.1) is 0 Å². The van der Waals surface area contributed by atoms with Gasteiger partial charge in [-0.3, -0.25) is 9.59 Å². The highest BCUT2D eigenvalue weighted by atomic mass is 35.5. The zero-order valence-electron chi connectivity index (χ0n) is 11.2. The number of nitrogens with two attached hydrogens (primary N) is 1. The molecule has 108 valence electrons. The minimum atomic E-state index is -0.883. The normalized spacial score (nSPS) is 22.6. The third-order valence-corrected chi connectivity index (χ3v) is 4.07. The second-order valence-corrected chi connectivity index (χ2v) is 5.84. The summed E-state index contributed by atoms with van der Waals surface area (Å²) >= 11 is 5.91. The van der Waals surface area contributed by atoms with Crippen LogP contribution in [0.25, 0.3) is 0 Å². The van der Waals surface area contributed by atoms with E-state index in [0.29, 0.717) is 35.7 Å². The van der Waals surface area contributed by atoms with Gasteiger partial charge in [-0.05, 0) is 38.0 Å². The molecular formula is C14H17ClN2O3. The van der Waals surface area contributed by atoms with Gasteiger partial charge in [0.05, 0.1) is 16.1 Å². The van der Waals surface area contributed by atoms with Crippen molar-refractivity contribution < 1.29 is 14.7 Å². The first kappa shape index (κ1) is 14.7. The van der Waals surface area contributed by atoms with Gasteiger partial charge in [0.1, 0.15) is 0 Å². The van der Waals surface area contributed by atoms with Crippen molar-refractivity contribution in [1.29, 1.82) is 0 Å². The highest BCUT2D eigenvalue weighted by Crippen LogP contribution is 2.31. The summed E-state index contributed by atoms with van der Waals surface area (Å²) in [6.45, 7) is 2.44. The van der Waals surface area contributed by atoms with Crippen molar-refractivity contribution in [2.75, 3.05) is 18.8 Å². The van der Waals surface area contributed by atoms with E-state index in [-0.39, 0.29) is 12.5 Å². The summed E-state index contributed by atoms with van der Waals surface area (Å²) in [5, 5.41) is 9.60. The zero-order valence-corrected chi connectivity index (χ0v) is 12.0. The van der Waals surface area contributed by atoms with E-state index in [9.17, 15) is 14.7 Å². The van der Waals surface area contributed by atoms with Gasteiger partial charge in [0, 0.05) is 18.7 Å². The van der Waals surface area contributed by atoms with Crippen LogP contribution in [0.1, 0.15) is 30.1 Å². The monoisotopic (exact) mass is 296 g/mol. The number of aliphatic carboxylic acids is 1. The zero-order chi connectivity index (χ0) is 14.9. The molecule has 0 aliphatic carbocycles. The van der Waals surface area contributed by atoms with Crippen LogP contribution in [0, 0.1) is 5.41 Å². The molecule has 1 unspecified atom stereocenters. The summed E-state index contributed by atoms with van der Waals surface area (Å²) in [5.74, 6) is -1.08. The van der Waals surface area contributed by atoms with Gasteiger partial charge in [0.25, 0.3) is 5.91 Å². The van der Waals surface area contributed by atoms with Gasteiger partial charge < -0.3 is 15.7 Å². The van der Waals surface area contributed by atoms with Crippen LogP contribution in [-0.4, -0.2) is 35.0 Å². The Kier molecular flexibility index (Phi) is 3.90. The SMILES string of the molecule is CC1(C(=O)O)CCCN(C(=O)c2ccc(N)c(Cl)c2)C1. The van der Waals surface area contributed by atoms with E-state index in [4.69, 9.17) is 17.3 Å². The second-order valence-electron chi connectivity index (χ2n) is 5.43. The number of carboxylic acid groups (broad SMARTS) is 1. The number of amides is 1. The lowest BCUT2D eigenvalue weighted by atomic mass is 9.82. The van der Waals surface area contributed by atoms with Gasteiger partial charge >= 0.3 is 5.97 Å². The van der Waals surface area contributed by atoms with Crippen molar-refractivity contribution in [3.05, 3.63) is 28.8 Å². The number of piperidine rings is 1. The lowest BCUT2D eigenvalue weighted by Crippen LogP contribution is -2.48. The maximum Gasteiger partial charge on any atom is 0.311 e. The summed E-state index contributed by atoms with van der Waals surface area (Å²) in [4.78, 5) is 25.3. The van der Waals surface area contributed by atoms with E-state index in [2.05, 4.69) is 0 Å². The van der Waals surface area contributed by atoms with Crippen LogP contribution in [0.3, 0.4) is 0 Å². The van der Waals surface area contributed by atoms with Crippen LogP contribution >= 0.6 is 11.6 Å². The van der Waals surface area contributed by atoms with E-state index in [1.165, 1.54) is 6.07 Å². The van der Waals surface area contributed by atoms with E-state index in [1.54, 1.807) is 24.0 Å². The van der Waals surface area contributed by atoms with Crippen molar-refractivity contribution in [3.8, 4) is 0 Å². The Morgan fingerprint density at radius 3 is 2.75 bits per heavy atom. The highest BCUT2D eigenvalue weighted by Gasteiger charge is 2.39. The molecule has 0 radical (unpaired) electrons. The quantitative estimate of drug-likeness (QED) is 0.820. The number of benzene rings is 1. The predicted octanol–water partition coefficient (Wildman–Crippen LogP) is 2.25. The lowest BCUT2D eigenvalue weighted by molar-refractivity contribution is -0.150. The van der Waals surface area contributed by atoms with Gasteiger partial charge in [0.15, 0.2) is 0 Å². The summed E-state index contributed by atoms with van der Waals surface area (Å²) in [5.41, 5.74) is 5.58. The summed E-state index contributed by atoms with van der Waals surface area (Å²) < 4.78 is 0. The summed E-state index contributed by atoms with van der Waals surface area (Å²) in [7, 11) is 0. The molecule has 1 fully saturated rings. The molecular weight excluding hydrogens is 280 g/mol. The van der Waals surface area contributed by atoms with Crippen LogP contribution in [-0.2, 0) is 4.79 Å². The first-order valence-electron chi connectivity index (χ1n) is 6.41. The maximum atomic E-state index is 12.4. The number of nitrogen functional groups attached to an aromatic ring is 1. The Bertz CT molecular complexity index is 561. The average Bonchev–Trinajstić information content (AvgIpc) is 2.41. The molecule has 1 aliphatic rings. The van der Waals surface area contributed by atoms with Crippen LogP contribution in [0.15, 0.2) is 18.2 Å². The van der Waals surface area contributed by atoms with Crippen molar-refractivity contribution in [3.63, 3.8) is 0 Å². The highest BCUT2D eigenvalue weighted by molar-refractivity contribution is 6.33. The van der Waals surface area contributed by atoms with E-state index in [0.717, 1.165) is 0 Å². The summed E-state index contributed by atoms with van der Waals surface area (Å²) in [6.07, 6.45) is 1.26. The van der Waals surface area contributed by atoms with Gasteiger partial charge in [-0.1, -0.05) is 11.6 Å².